The Balaban J connectivity index is 1.43. The van der Waals surface area contributed by atoms with Crippen LogP contribution in [0.25, 0.3) is 6.08 Å². The first-order valence-electron chi connectivity index (χ1n) is 7.75. The number of carbonyl (C=O) groups excluding carboxylic acids is 1. The minimum Gasteiger partial charge on any atom is -0.444 e. The number of benzene rings is 1. The van der Waals surface area contributed by atoms with E-state index in [9.17, 15) is 4.79 Å². The highest BCUT2D eigenvalue weighted by Crippen LogP contribution is 2.30. The number of carbonyl (C=O) groups is 1. The van der Waals surface area contributed by atoms with Crippen molar-refractivity contribution < 1.29 is 9.53 Å². The van der Waals surface area contributed by atoms with Crippen LogP contribution in [0.15, 0.2) is 30.5 Å². The van der Waals surface area contributed by atoms with E-state index in [1.165, 1.54) is 11.1 Å². The fourth-order valence-corrected chi connectivity index (χ4v) is 3.61. The molecule has 1 aromatic carbocycles. The van der Waals surface area contributed by atoms with Gasteiger partial charge in [0.05, 0.1) is 6.54 Å². The fraction of sp³-hybridized carbons (Fsp3) is 0.471. The molecule has 4 nitrogen and oxygen atoms in total. The molecule has 0 aromatic heterocycles. The van der Waals surface area contributed by atoms with Crippen LogP contribution in [0.3, 0.4) is 0 Å². The van der Waals surface area contributed by atoms with Gasteiger partial charge in [0.1, 0.15) is 6.10 Å². The molecule has 3 saturated heterocycles. The van der Waals surface area contributed by atoms with Crippen LogP contribution in [0.2, 0.25) is 0 Å². The SMILES string of the molecule is O=C(OC1CN2CCC1CC2)N1C=Cc2ccccc2C1. The highest BCUT2D eigenvalue weighted by molar-refractivity contribution is 5.72. The Hall–Kier alpha value is -1.81. The summed E-state index contributed by atoms with van der Waals surface area (Å²) in [4.78, 5) is 16.5. The van der Waals surface area contributed by atoms with Crippen LogP contribution >= 0.6 is 0 Å². The van der Waals surface area contributed by atoms with E-state index in [-0.39, 0.29) is 12.2 Å². The van der Waals surface area contributed by atoms with E-state index in [2.05, 4.69) is 17.0 Å². The van der Waals surface area contributed by atoms with Gasteiger partial charge in [0.2, 0.25) is 0 Å². The van der Waals surface area contributed by atoms with Crippen molar-refractivity contribution in [2.24, 2.45) is 5.92 Å². The summed E-state index contributed by atoms with van der Waals surface area (Å²) in [6, 6.07) is 8.16. The lowest BCUT2D eigenvalue weighted by atomic mass is 9.86. The third-order valence-electron chi connectivity index (χ3n) is 4.91. The van der Waals surface area contributed by atoms with Gasteiger partial charge in [-0.3, -0.25) is 9.80 Å². The zero-order valence-electron chi connectivity index (χ0n) is 12.1. The van der Waals surface area contributed by atoms with E-state index in [4.69, 9.17) is 4.74 Å². The average molecular weight is 284 g/mol. The van der Waals surface area contributed by atoms with Crippen LogP contribution in [0.1, 0.15) is 24.0 Å². The molecule has 0 radical (unpaired) electrons. The molecule has 4 aliphatic heterocycles. The van der Waals surface area contributed by atoms with Crippen LogP contribution in [0.5, 0.6) is 0 Å². The van der Waals surface area contributed by atoms with E-state index in [1.54, 1.807) is 4.90 Å². The topological polar surface area (TPSA) is 32.8 Å². The Morgan fingerprint density at radius 1 is 1.19 bits per heavy atom. The third kappa shape index (κ3) is 2.44. The van der Waals surface area contributed by atoms with Gasteiger partial charge in [-0.1, -0.05) is 24.3 Å². The molecular weight excluding hydrogens is 264 g/mol. The van der Waals surface area contributed by atoms with Gasteiger partial charge in [0, 0.05) is 12.7 Å². The minimum absolute atomic E-state index is 0.0746. The Bertz CT molecular complexity index is 576. The highest BCUT2D eigenvalue weighted by atomic mass is 16.6. The lowest BCUT2D eigenvalue weighted by Gasteiger charge is -2.44. The second-order valence-electron chi connectivity index (χ2n) is 6.20. The molecule has 5 rings (SSSR count). The van der Waals surface area contributed by atoms with E-state index in [0.29, 0.717) is 12.5 Å². The quantitative estimate of drug-likeness (QED) is 0.795. The summed E-state index contributed by atoms with van der Waals surface area (Å²) < 4.78 is 5.77. The molecule has 1 unspecified atom stereocenters. The van der Waals surface area contributed by atoms with Gasteiger partial charge in [0.25, 0.3) is 0 Å². The zero-order valence-corrected chi connectivity index (χ0v) is 12.1. The van der Waals surface area contributed by atoms with E-state index in [0.717, 1.165) is 32.5 Å². The van der Waals surface area contributed by atoms with Crippen molar-refractivity contribution >= 4 is 12.2 Å². The first kappa shape index (κ1) is 12.9. The maximum Gasteiger partial charge on any atom is 0.414 e. The summed E-state index contributed by atoms with van der Waals surface area (Å²) in [6.07, 6.45) is 6.01. The van der Waals surface area contributed by atoms with Gasteiger partial charge in [-0.05, 0) is 49.1 Å². The molecule has 4 heterocycles. The van der Waals surface area contributed by atoms with Gasteiger partial charge in [-0.2, -0.15) is 0 Å². The van der Waals surface area contributed by atoms with E-state index >= 15 is 0 Å². The molecule has 0 N–H and O–H groups in total. The number of hydrogen-bond donors (Lipinski definition) is 0. The summed E-state index contributed by atoms with van der Waals surface area (Å²) in [7, 11) is 0. The van der Waals surface area contributed by atoms with Crippen molar-refractivity contribution in [3.63, 3.8) is 0 Å². The predicted molar refractivity (Wildman–Crippen MR) is 80.5 cm³/mol. The number of fused-ring (bicyclic) bond motifs is 4. The number of rotatable bonds is 1. The van der Waals surface area contributed by atoms with E-state index < -0.39 is 0 Å². The molecule has 1 atom stereocenters. The highest BCUT2D eigenvalue weighted by Gasteiger charge is 2.37. The van der Waals surface area contributed by atoms with Crippen molar-refractivity contribution in [1.82, 2.24) is 9.80 Å². The molecule has 2 bridgehead atoms. The van der Waals surface area contributed by atoms with Crippen molar-refractivity contribution in [2.75, 3.05) is 19.6 Å². The Morgan fingerprint density at radius 2 is 2.00 bits per heavy atom. The van der Waals surface area contributed by atoms with Crippen LogP contribution < -0.4 is 0 Å². The minimum atomic E-state index is -0.209. The number of hydrogen-bond acceptors (Lipinski definition) is 3. The molecule has 4 aliphatic rings. The molecule has 110 valence electrons. The number of ether oxygens (including phenoxy) is 1. The van der Waals surface area contributed by atoms with Crippen LogP contribution in [-0.2, 0) is 11.3 Å². The van der Waals surface area contributed by atoms with Crippen molar-refractivity contribution in [1.29, 1.82) is 0 Å². The second-order valence-corrected chi connectivity index (χ2v) is 6.20. The summed E-state index contributed by atoms with van der Waals surface area (Å²) in [5.41, 5.74) is 2.36. The molecule has 0 saturated carbocycles. The first-order valence-corrected chi connectivity index (χ1v) is 7.75. The van der Waals surface area contributed by atoms with E-state index in [1.807, 2.05) is 24.4 Å². The number of amides is 1. The smallest absolute Gasteiger partial charge is 0.414 e. The normalized spacial score (nSPS) is 30.1. The Labute approximate surface area is 125 Å². The molecule has 4 heteroatoms. The molecule has 21 heavy (non-hydrogen) atoms. The van der Waals surface area contributed by atoms with Crippen molar-refractivity contribution in [2.45, 2.75) is 25.5 Å². The van der Waals surface area contributed by atoms with Crippen molar-refractivity contribution in [3.8, 4) is 0 Å². The largest absolute Gasteiger partial charge is 0.444 e. The lowest BCUT2D eigenvalue weighted by Crippen LogP contribution is -2.52. The van der Waals surface area contributed by atoms with Crippen LogP contribution in [-0.4, -0.2) is 41.6 Å². The summed E-state index contributed by atoms with van der Waals surface area (Å²) >= 11 is 0. The predicted octanol–water partition coefficient (Wildman–Crippen LogP) is 2.70. The molecule has 0 aliphatic carbocycles. The maximum absolute atomic E-state index is 12.4. The monoisotopic (exact) mass is 284 g/mol. The van der Waals surface area contributed by atoms with Crippen molar-refractivity contribution in [3.05, 3.63) is 41.6 Å². The standard InChI is InChI=1S/C17H20N2O2/c20-17(21-16-12-18-8-5-14(16)6-9-18)19-10-7-13-3-1-2-4-15(13)11-19/h1-4,7,10,14,16H,5-6,8-9,11-12H2. The number of nitrogens with zero attached hydrogens (tertiary/aromatic N) is 2. The molecule has 3 fully saturated rings. The average Bonchev–Trinajstić information content (AvgIpc) is 2.55. The number of piperidine rings is 3. The van der Waals surface area contributed by atoms with Gasteiger partial charge < -0.3 is 4.74 Å². The maximum atomic E-state index is 12.4. The van der Waals surface area contributed by atoms with Crippen LogP contribution in [0.4, 0.5) is 4.79 Å². The second kappa shape index (κ2) is 5.19. The Kier molecular flexibility index (Phi) is 3.19. The van der Waals surface area contributed by atoms with Gasteiger partial charge in [-0.15, -0.1) is 0 Å². The molecule has 0 spiro atoms. The third-order valence-corrected chi connectivity index (χ3v) is 4.91. The fourth-order valence-electron chi connectivity index (χ4n) is 3.61. The van der Waals surface area contributed by atoms with Gasteiger partial charge >= 0.3 is 6.09 Å². The van der Waals surface area contributed by atoms with Gasteiger partial charge in [0.15, 0.2) is 0 Å². The zero-order chi connectivity index (χ0) is 14.2. The summed E-state index contributed by atoms with van der Waals surface area (Å²) in [5, 5.41) is 0. The lowest BCUT2D eigenvalue weighted by molar-refractivity contribution is -0.0410. The van der Waals surface area contributed by atoms with Gasteiger partial charge in [-0.25, -0.2) is 4.79 Å². The Morgan fingerprint density at radius 3 is 2.76 bits per heavy atom. The first-order chi connectivity index (χ1) is 10.3. The van der Waals surface area contributed by atoms with Crippen LogP contribution in [0, 0.1) is 5.92 Å². The summed E-state index contributed by atoms with van der Waals surface area (Å²) in [6.45, 7) is 3.84. The molecular formula is C17H20N2O2. The summed E-state index contributed by atoms with van der Waals surface area (Å²) in [5.74, 6) is 0.556. The molecule has 1 aromatic rings. The molecule has 1 amide bonds.